The normalized spacial score (nSPS) is 11.0. The van der Waals surface area contributed by atoms with E-state index in [1.165, 1.54) is 12.1 Å². The van der Waals surface area contributed by atoms with Gasteiger partial charge in [-0.05, 0) is 29.8 Å². The van der Waals surface area contributed by atoms with E-state index in [-0.39, 0.29) is 4.90 Å². The summed E-state index contributed by atoms with van der Waals surface area (Å²) in [6.45, 7) is -0.407. The summed E-state index contributed by atoms with van der Waals surface area (Å²) in [5.41, 5.74) is 3.77. The van der Waals surface area contributed by atoms with Crippen LogP contribution in [0.5, 0.6) is 5.75 Å². The molecule has 0 saturated carbocycles. The van der Waals surface area contributed by atoms with Crippen molar-refractivity contribution in [1.82, 2.24) is 10.3 Å². The summed E-state index contributed by atoms with van der Waals surface area (Å²) in [5.74, 6) is -0.922. The van der Waals surface area contributed by atoms with E-state index in [1.54, 1.807) is 12.1 Å². The second-order valence-electron chi connectivity index (χ2n) is 5.76. The summed E-state index contributed by atoms with van der Waals surface area (Å²) < 4.78 is 42.9. The molecule has 2 N–H and O–H groups in total. The molecule has 3 aromatic carbocycles. The second-order valence-corrected chi connectivity index (χ2v) is 7.44. The molecule has 0 aliphatic rings. The van der Waals surface area contributed by atoms with Gasteiger partial charge in [-0.2, -0.15) is 0 Å². The molecule has 0 aliphatic heterocycles. The smallest absolute Gasteiger partial charge is 0.272 e. The van der Waals surface area contributed by atoms with Crippen molar-refractivity contribution in [2.24, 2.45) is 0 Å². The van der Waals surface area contributed by atoms with E-state index >= 15 is 0 Å². The molecule has 0 atom stereocenters. The number of hydrazine groups is 1. The van der Waals surface area contributed by atoms with Crippen molar-refractivity contribution in [2.75, 3.05) is 6.61 Å². The van der Waals surface area contributed by atoms with Crippen LogP contribution < -0.4 is 15.0 Å². The number of carbonyl (C=O) groups excluding carboxylic acids is 1. The second kappa shape index (κ2) is 8.64. The van der Waals surface area contributed by atoms with Gasteiger partial charge < -0.3 is 4.74 Å². The maximum atomic E-state index is 13.2. The Morgan fingerprint density at radius 3 is 2.39 bits per heavy atom. The minimum atomic E-state index is -4.09. The fourth-order valence-corrected chi connectivity index (χ4v) is 3.34. The van der Waals surface area contributed by atoms with Gasteiger partial charge in [0, 0.05) is 5.56 Å². The molecule has 0 saturated heterocycles. The summed E-state index contributed by atoms with van der Waals surface area (Å²) in [4.78, 5) is 13.6. The van der Waals surface area contributed by atoms with Gasteiger partial charge in [-0.1, -0.05) is 54.6 Å². The molecule has 6 nitrogen and oxygen atoms in total. The van der Waals surface area contributed by atoms with Crippen LogP contribution in [0.25, 0.3) is 11.1 Å². The van der Waals surface area contributed by atoms with Crippen LogP contribution in [0, 0.1) is 5.82 Å². The Morgan fingerprint density at radius 2 is 1.64 bits per heavy atom. The van der Waals surface area contributed by atoms with Crippen molar-refractivity contribution < 1.29 is 22.3 Å². The van der Waals surface area contributed by atoms with Gasteiger partial charge in [0.25, 0.3) is 15.9 Å². The molecule has 1 amide bonds. The summed E-state index contributed by atoms with van der Waals surface area (Å²) in [7, 11) is -4.09. The number of benzene rings is 3. The summed E-state index contributed by atoms with van der Waals surface area (Å²) in [6, 6.07) is 21.1. The Labute approximate surface area is 162 Å². The molecule has 0 aliphatic carbocycles. The zero-order valence-corrected chi connectivity index (χ0v) is 15.4. The van der Waals surface area contributed by atoms with Crippen LogP contribution in [0.2, 0.25) is 0 Å². The van der Waals surface area contributed by atoms with Crippen molar-refractivity contribution in [3.05, 3.63) is 84.7 Å². The number of ether oxygens (including phenoxy) is 1. The Bertz CT molecular complexity index is 1070. The van der Waals surface area contributed by atoms with E-state index in [4.69, 9.17) is 4.74 Å². The highest BCUT2D eigenvalue weighted by Gasteiger charge is 2.16. The van der Waals surface area contributed by atoms with Crippen LogP contribution >= 0.6 is 0 Å². The average Bonchev–Trinajstić information content (AvgIpc) is 2.72. The van der Waals surface area contributed by atoms with Crippen molar-refractivity contribution in [1.29, 1.82) is 0 Å². The summed E-state index contributed by atoms with van der Waals surface area (Å²) in [6.07, 6.45) is 0. The van der Waals surface area contributed by atoms with Gasteiger partial charge in [0.15, 0.2) is 6.61 Å². The molecule has 0 radical (unpaired) electrons. The third kappa shape index (κ3) is 4.93. The Kier molecular flexibility index (Phi) is 6.03. The Hall–Kier alpha value is -3.23. The molecule has 8 heteroatoms. The van der Waals surface area contributed by atoms with E-state index in [0.717, 1.165) is 23.3 Å². The van der Waals surface area contributed by atoms with Crippen LogP contribution in [-0.2, 0) is 14.8 Å². The molecular weight excluding hydrogens is 383 g/mol. The van der Waals surface area contributed by atoms with Gasteiger partial charge in [0.2, 0.25) is 0 Å². The number of hydrogen-bond donors (Lipinski definition) is 2. The lowest BCUT2D eigenvalue weighted by Crippen LogP contribution is -2.43. The Morgan fingerprint density at radius 1 is 0.929 bits per heavy atom. The molecule has 0 unspecified atom stereocenters. The number of nitrogens with one attached hydrogen (secondary N) is 2. The first-order valence-corrected chi connectivity index (χ1v) is 9.77. The standard InChI is InChI=1S/C20H17FN2O4S/c21-16-9-6-10-17(13-16)28(25,26)23-22-20(24)14-27-19-12-5-4-11-18(19)15-7-2-1-3-8-15/h1-13,23H,14H2,(H,22,24). The predicted molar refractivity (Wildman–Crippen MR) is 102 cm³/mol. The monoisotopic (exact) mass is 400 g/mol. The molecule has 3 aromatic rings. The van der Waals surface area contributed by atoms with Crippen molar-refractivity contribution >= 4 is 15.9 Å². The number of sulfonamides is 1. The van der Waals surface area contributed by atoms with Crippen LogP contribution in [0.15, 0.2) is 83.8 Å². The quantitative estimate of drug-likeness (QED) is 0.598. The minimum Gasteiger partial charge on any atom is -0.483 e. The van der Waals surface area contributed by atoms with E-state index in [9.17, 15) is 17.6 Å². The third-order valence-corrected chi connectivity index (χ3v) is 5.01. The number of para-hydroxylation sites is 1. The zero-order valence-electron chi connectivity index (χ0n) is 14.6. The van der Waals surface area contributed by atoms with Crippen molar-refractivity contribution in [3.8, 4) is 16.9 Å². The highest BCUT2D eigenvalue weighted by atomic mass is 32.2. The first kappa shape index (κ1) is 19.5. The maximum absolute atomic E-state index is 13.2. The molecule has 0 aromatic heterocycles. The summed E-state index contributed by atoms with van der Waals surface area (Å²) in [5, 5.41) is 0. The van der Waals surface area contributed by atoms with Gasteiger partial charge in [0.1, 0.15) is 11.6 Å². The number of hydrogen-bond acceptors (Lipinski definition) is 4. The van der Waals surface area contributed by atoms with Crippen molar-refractivity contribution in [3.63, 3.8) is 0 Å². The number of rotatable bonds is 7. The van der Waals surface area contributed by atoms with Gasteiger partial charge in [-0.25, -0.2) is 12.8 Å². The molecule has 0 heterocycles. The minimum absolute atomic E-state index is 0.303. The number of halogens is 1. The molecule has 0 fully saturated rings. The van der Waals surface area contributed by atoms with E-state index < -0.39 is 28.4 Å². The van der Waals surface area contributed by atoms with E-state index in [2.05, 4.69) is 0 Å². The van der Waals surface area contributed by atoms with Crippen LogP contribution in [-0.4, -0.2) is 20.9 Å². The molecule has 28 heavy (non-hydrogen) atoms. The summed E-state index contributed by atoms with van der Waals surface area (Å²) >= 11 is 0. The topological polar surface area (TPSA) is 84.5 Å². The average molecular weight is 400 g/mol. The van der Waals surface area contributed by atoms with E-state index in [0.29, 0.717) is 5.75 Å². The number of amides is 1. The van der Waals surface area contributed by atoms with Gasteiger partial charge >= 0.3 is 0 Å². The van der Waals surface area contributed by atoms with Gasteiger partial charge in [0.05, 0.1) is 4.90 Å². The molecule has 3 rings (SSSR count). The highest BCUT2D eigenvalue weighted by molar-refractivity contribution is 7.89. The van der Waals surface area contributed by atoms with Crippen LogP contribution in [0.1, 0.15) is 0 Å². The van der Waals surface area contributed by atoms with Crippen LogP contribution in [0.4, 0.5) is 4.39 Å². The van der Waals surface area contributed by atoms with Gasteiger partial charge in [-0.3, -0.25) is 10.2 Å². The first-order chi connectivity index (χ1) is 13.5. The molecular formula is C20H17FN2O4S. The molecule has 0 bridgehead atoms. The SMILES string of the molecule is O=C(COc1ccccc1-c1ccccc1)NNS(=O)(=O)c1cccc(F)c1. The number of carbonyl (C=O) groups is 1. The zero-order chi connectivity index (χ0) is 20.0. The lowest BCUT2D eigenvalue weighted by atomic mass is 10.1. The maximum Gasteiger partial charge on any atom is 0.272 e. The lowest BCUT2D eigenvalue weighted by molar-refractivity contribution is -0.123. The lowest BCUT2D eigenvalue weighted by Gasteiger charge is -2.12. The fraction of sp³-hybridized carbons (Fsp3) is 0.0500. The first-order valence-electron chi connectivity index (χ1n) is 8.29. The predicted octanol–water partition coefficient (Wildman–Crippen LogP) is 2.88. The molecule has 144 valence electrons. The molecule has 0 spiro atoms. The van der Waals surface area contributed by atoms with Crippen molar-refractivity contribution in [2.45, 2.75) is 4.90 Å². The Balaban J connectivity index is 1.61. The largest absolute Gasteiger partial charge is 0.483 e. The fourth-order valence-electron chi connectivity index (χ4n) is 2.45. The highest BCUT2D eigenvalue weighted by Crippen LogP contribution is 2.29. The van der Waals surface area contributed by atoms with Crippen LogP contribution in [0.3, 0.4) is 0 Å². The van der Waals surface area contributed by atoms with E-state index in [1.807, 2.05) is 52.7 Å². The third-order valence-electron chi connectivity index (χ3n) is 3.76. The van der Waals surface area contributed by atoms with Gasteiger partial charge in [-0.15, -0.1) is 4.83 Å².